The van der Waals surface area contributed by atoms with Gasteiger partial charge < -0.3 is 9.80 Å². The van der Waals surface area contributed by atoms with Gasteiger partial charge in [-0.3, -0.25) is 14.6 Å². The first kappa shape index (κ1) is 17.7. The highest BCUT2D eigenvalue weighted by molar-refractivity contribution is 5.94. The van der Waals surface area contributed by atoms with Crippen LogP contribution in [0, 0.1) is 18.3 Å². The molecule has 1 saturated heterocycles. The SMILES string of the molecule is Cc1ccc(C(=O)N2CC[C@@]3(C[C@H]3C(=O)N(C)Cc3ccccn3)C2)cc1. The first-order valence-electron chi connectivity index (χ1n) is 9.49. The summed E-state index contributed by atoms with van der Waals surface area (Å²) in [6.45, 7) is 3.97. The highest BCUT2D eigenvalue weighted by Gasteiger charge is 2.61. The van der Waals surface area contributed by atoms with Gasteiger partial charge in [0.1, 0.15) is 0 Å². The van der Waals surface area contributed by atoms with Gasteiger partial charge in [-0.25, -0.2) is 0 Å². The summed E-state index contributed by atoms with van der Waals surface area (Å²) >= 11 is 0. The molecule has 2 aromatic rings. The summed E-state index contributed by atoms with van der Waals surface area (Å²) in [6, 6.07) is 13.5. The Hall–Kier alpha value is -2.69. The van der Waals surface area contributed by atoms with Gasteiger partial charge >= 0.3 is 0 Å². The number of hydrogen-bond donors (Lipinski definition) is 0. The number of aryl methyl sites for hydroxylation is 1. The maximum absolute atomic E-state index is 12.8. The van der Waals surface area contributed by atoms with Gasteiger partial charge in [0.15, 0.2) is 0 Å². The van der Waals surface area contributed by atoms with Crippen molar-refractivity contribution in [3.8, 4) is 0 Å². The highest BCUT2D eigenvalue weighted by atomic mass is 16.2. The van der Waals surface area contributed by atoms with Crippen molar-refractivity contribution < 1.29 is 9.59 Å². The first-order chi connectivity index (χ1) is 13.0. The van der Waals surface area contributed by atoms with Gasteiger partial charge in [-0.15, -0.1) is 0 Å². The molecule has 27 heavy (non-hydrogen) atoms. The number of nitrogens with zero attached hydrogens (tertiary/aromatic N) is 3. The van der Waals surface area contributed by atoms with Crippen LogP contribution in [-0.4, -0.2) is 46.7 Å². The van der Waals surface area contributed by atoms with Crippen LogP contribution in [0.15, 0.2) is 48.7 Å². The summed E-state index contributed by atoms with van der Waals surface area (Å²) in [5, 5.41) is 0. The van der Waals surface area contributed by atoms with Crippen LogP contribution >= 0.6 is 0 Å². The predicted octanol–water partition coefficient (Wildman–Crippen LogP) is 2.90. The van der Waals surface area contributed by atoms with E-state index in [1.807, 2.05) is 61.3 Å². The molecule has 0 bridgehead atoms. The fourth-order valence-corrected chi connectivity index (χ4v) is 4.17. The van der Waals surface area contributed by atoms with E-state index in [2.05, 4.69) is 4.98 Å². The Morgan fingerprint density at radius 1 is 1.22 bits per heavy atom. The van der Waals surface area contributed by atoms with Gasteiger partial charge in [-0.05, 0) is 44.0 Å². The van der Waals surface area contributed by atoms with Crippen molar-refractivity contribution in [2.24, 2.45) is 11.3 Å². The molecule has 1 saturated carbocycles. The molecule has 2 aliphatic rings. The second kappa shape index (κ2) is 6.80. The number of pyridine rings is 1. The minimum atomic E-state index is -0.0180. The van der Waals surface area contributed by atoms with E-state index < -0.39 is 0 Å². The van der Waals surface area contributed by atoms with Crippen LogP contribution in [0.5, 0.6) is 0 Å². The number of rotatable bonds is 4. The molecule has 1 aliphatic heterocycles. The molecule has 2 fully saturated rings. The summed E-state index contributed by atoms with van der Waals surface area (Å²) in [5.74, 6) is 0.277. The fourth-order valence-electron chi connectivity index (χ4n) is 4.17. The molecule has 2 amide bonds. The van der Waals surface area contributed by atoms with E-state index in [9.17, 15) is 9.59 Å². The zero-order chi connectivity index (χ0) is 19.0. The Morgan fingerprint density at radius 2 is 2.00 bits per heavy atom. The Morgan fingerprint density at radius 3 is 2.70 bits per heavy atom. The summed E-state index contributed by atoms with van der Waals surface area (Å²) in [5.41, 5.74) is 2.75. The van der Waals surface area contributed by atoms with Crippen LogP contribution in [0.4, 0.5) is 0 Å². The van der Waals surface area contributed by atoms with Crippen molar-refractivity contribution in [1.29, 1.82) is 0 Å². The number of benzene rings is 1. The van der Waals surface area contributed by atoms with Crippen molar-refractivity contribution in [3.05, 3.63) is 65.5 Å². The number of aromatic nitrogens is 1. The minimum absolute atomic E-state index is 0.0180. The van der Waals surface area contributed by atoms with Crippen LogP contribution in [0.1, 0.15) is 34.5 Å². The molecular weight excluding hydrogens is 338 g/mol. The minimum Gasteiger partial charge on any atom is -0.340 e. The lowest BCUT2D eigenvalue weighted by molar-refractivity contribution is -0.132. The van der Waals surface area contributed by atoms with Gasteiger partial charge in [0.05, 0.1) is 12.2 Å². The van der Waals surface area contributed by atoms with Crippen LogP contribution < -0.4 is 0 Å². The third-order valence-electron chi connectivity index (χ3n) is 5.96. The molecule has 0 N–H and O–H groups in total. The molecule has 5 nitrogen and oxygen atoms in total. The maximum atomic E-state index is 12.8. The van der Waals surface area contributed by atoms with Gasteiger partial charge in [0.2, 0.25) is 5.91 Å². The summed E-state index contributed by atoms with van der Waals surface area (Å²) in [4.78, 5) is 33.6. The highest BCUT2D eigenvalue weighted by Crippen LogP contribution is 2.59. The first-order valence-corrected chi connectivity index (χ1v) is 9.49. The topological polar surface area (TPSA) is 53.5 Å². The third-order valence-corrected chi connectivity index (χ3v) is 5.96. The standard InChI is InChI=1S/C22H25N3O2/c1-16-6-8-17(9-7-16)20(26)25-12-10-22(15-25)13-19(22)21(27)24(2)14-18-5-3-4-11-23-18/h3-9,11,19H,10,12-15H2,1-2H3/t19-,22+/m0/s1. The molecule has 2 heterocycles. The normalized spacial score (nSPS) is 23.5. The molecule has 1 aliphatic carbocycles. The predicted molar refractivity (Wildman–Crippen MR) is 103 cm³/mol. The lowest BCUT2D eigenvalue weighted by Gasteiger charge is -2.19. The number of amides is 2. The molecule has 1 aromatic heterocycles. The van der Waals surface area contributed by atoms with E-state index in [0.29, 0.717) is 13.1 Å². The molecule has 0 radical (unpaired) electrons. The Balaban J connectivity index is 1.37. The van der Waals surface area contributed by atoms with Crippen LogP contribution in [0.2, 0.25) is 0 Å². The number of carbonyl (C=O) groups excluding carboxylic acids is 2. The molecular formula is C22H25N3O2. The zero-order valence-electron chi connectivity index (χ0n) is 15.9. The van der Waals surface area contributed by atoms with Crippen molar-refractivity contribution in [2.45, 2.75) is 26.3 Å². The summed E-state index contributed by atoms with van der Waals surface area (Å²) in [7, 11) is 1.84. The van der Waals surface area contributed by atoms with Gasteiger partial charge in [0.25, 0.3) is 5.91 Å². The zero-order valence-corrected chi connectivity index (χ0v) is 15.9. The van der Waals surface area contributed by atoms with Crippen molar-refractivity contribution in [2.75, 3.05) is 20.1 Å². The molecule has 4 rings (SSSR count). The monoisotopic (exact) mass is 363 g/mol. The van der Waals surface area contributed by atoms with E-state index in [4.69, 9.17) is 0 Å². The third kappa shape index (κ3) is 3.46. The molecule has 0 unspecified atom stereocenters. The quantitative estimate of drug-likeness (QED) is 0.839. The largest absolute Gasteiger partial charge is 0.340 e. The van der Waals surface area contributed by atoms with E-state index in [0.717, 1.165) is 36.2 Å². The van der Waals surface area contributed by atoms with Crippen molar-refractivity contribution in [3.63, 3.8) is 0 Å². The average molecular weight is 363 g/mol. The number of likely N-dealkylation sites (tertiary alicyclic amines) is 1. The number of carbonyl (C=O) groups is 2. The lowest BCUT2D eigenvalue weighted by Crippen LogP contribution is -2.32. The van der Waals surface area contributed by atoms with E-state index >= 15 is 0 Å². The Kier molecular flexibility index (Phi) is 4.46. The van der Waals surface area contributed by atoms with Crippen LogP contribution in [0.3, 0.4) is 0 Å². The number of hydrogen-bond acceptors (Lipinski definition) is 3. The molecule has 1 spiro atoms. The van der Waals surface area contributed by atoms with Gasteiger partial charge in [-0.2, -0.15) is 0 Å². The van der Waals surface area contributed by atoms with Gasteiger partial charge in [-0.1, -0.05) is 23.8 Å². The summed E-state index contributed by atoms with van der Waals surface area (Å²) < 4.78 is 0. The van der Waals surface area contributed by atoms with Gasteiger partial charge in [0, 0.05) is 43.2 Å². The summed E-state index contributed by atoms with van der Waals surface area (Å²) in [6.07, 6.45) is 3.55. The molecule has 1 aromatic carbocycles. The van der Waals surface area contributed by atoms with Crippen molar-refractivity contribution in [1.82, 2.24) is 14.8 Å². The lowest BCUT2D eigenvalue weighted by atomic mass is 10.0. The molecule has 5 heteroatoms. The molecule has 2 atom stereocenters. The van der Waals surface area contributed by atoms with E-state index in [-0.39, 0.29) is 23.1 Å². The van der Waals surface area contributed by atoms with Crippen LogP contribution in [0.25, 0.3) is 0 Å². The van der Waals surface area contributed by atoms with E-state index in [1.54, 1.807) is 11.1 Å². The van der Waals surface area contributed by atoms with Crippen molar-refractivity contribution >= 4 is 11.8 Å². The average Bonchev–Trinajstić information content (AvgIpc) is 3.21. The fraction of sp³-hybridized carbons (Fsp3) is 0.409. The smallest absolute Gasteiger partial charge is 0.253 e. The molecule has 140 valence electrons. The van der Waals surface area contributed by atoms with Crippen LogP contribution in [-0.2, 0) is 11.3 Å². The maximum Gasteiger partial charge on any atom is 0.253 e. The second-order valence-corrected chi connectivity index (χ2v) is 7.98. The van der Waals surface area contributed by atoms with E-state index in [1.165, 1.54) is 0 Å². The Bertz CT molecular complexity index is 850. The second-order valence-electron chi connectivity index (χ2n) is 7.98. The Labute approximate surface area is 160 Å².